The highest BCUT2D eigenvalue weighted by Crippen LogP contribution is 2.45. The molecule has 1 aromatic heterocycles. The lowest BCUT2D eigenvalue weighted by molar-refractivity contribution is -0.119. The van der Waals surface area contributed by atoms with Crippen LogP contribution in [0, 0.1) is 12.8 Å². The van der Waals surface area contributed by atoms with Gasteiger partial charge in [0.15, 0.2) is 5.78 Å². The van der Waals surface area contributed by atoms with Crippen molar-refractivity contribution in [2.75, 3.05) is 12.4 Å². The summed E-state index contributed by atoms with van der Waals surface area (Å²) < 4.78 is 5.59. The first-order valence-corrected chi connectivity index (χ1v) is 10.2. The van der Waals surface area contributed by atoms with E-state index in [-0.39, 0.29) is 11.7 Å². The number of carbonyl (C=O) groups excluding carboxylic acids is 2. The summed E-state index contributed by atoms with van der Waals surface area (Å²) in [6, 6.07) is 11.3. The molecule has 0 fully saturated rings. The standard InChI is InChI=1S/C24H25N3O3/c1-14-11-12-25-20(13-14)27-24(29)21-15(2)26-17-8-6-9-18(28)23(17)22(21)16-7-4-5-10-19(16)30-3/h4-5,7,10-13,21-22H,6,8-9H2,1-3H3,(H,25,27,29)/t21?,22-/m0/s1. The Hall–Kier alpha value is -3.28. The van der Waals surface area contributed by atoms with Crippen molar-refractivity contribution >= 4 is 23.2 Å². The minimum absolute atomic E-state index is 0.0647. The molecule has 2 aromatic rings. The Labute approximate surface area is 176 Å². The molecule has 1 amide bonds. The van der Waals surface area contributed by atoms with Crippen LogP contribution in [0.25, 0.3) is 0 Å². The number of Topliss-reactive ketones (excluding diaryl/α,β-unsaturated/α-hetero) is 1. The van der Waals surface area contributed by atoms with Gasteiger partial charge in [-0.05, 0) is 50.5 Å². The highest BCUT2D eigenvalue weighted by Gasteiger charge is 2.43. The van der Waals surface area contributed by atoms with Gasteiger partial charge < -0.3 is 10.1 Å². The lowest BCUT2D eigenvalue weighted by atomic mass is 9.71. The van der Waals surface area contributed by atoms with Crippen LogP contribution in [-0.4, -0.2) is 29.5 Å². The number of allylic oxidation sites excluding steroid dienone is 2. The maximum Gasteiger partial charge on any atom is 0.235 e. The number of aliphatic imine (C=N–C) groups is 1. The summed E-state index contributed by atoms with van der Waals surface area (Å²) in [6.07, 6.45) is 3.68. The van der Waals surface area contributed by atoms with E-state index in [0.717, 1.165) is 29.7 Å². The molecule has 6 nitrogen and oxygen atoms in total. The maximum absolute atomic E-state index is 13.4. The van der Waals surface area contributed by atoms with E-state index in [1.807, 2.05) is 50.2 Å². The molecule has 2 atom stereocenters. The number of aryl methyl sites for hydroxylation is 1. The monoisotopic (exact) mass is 403 g/mol. The van der Waals surface area contributed by atoms with Crippen molar-refractivity contribution in [2.45, 2.75) is 39.0 Å². The highest BCUT2D eigenvalue weighted by molar-refractivity contribution is 6.13. The molecular formula is C24H25N3O3. The van der Waals surface area contributed by atoms with Crippen molar-refractivity contribution in [3.8, 4) is 5.75 Å². The lowest BCUT2D eigenvalue weighted by Crippen LogP contribution is -2.39. The van der Waals surface area contributed by atoms with Crippen LogP contribution in [0.3, 0.4) is 0 Å². The zero-order valence-corrected chi connectivity index (χ0v) is 17.4. The highest BCUT2D eigenvalue weighted by atomic mass is 16.5. The van der Waals surface area contributed by atoms with Crippen LogP contribution in [0.1, 0.15) is 43.2 Å². The molecule has 0 spiro atoms. The fraction of sp³-hybridized carbons (Fsp3) is 0.333. The Morgan fingerprint density at radius 3 is 2.73 bits per heavy atom. The number of rotatable bonds is 4. The third-order valence-electron chi connectivity index (χ3n) is 5.76. The summed E-state index contributed by atoms with van der Waals surface area (Å²) in [5.74, 6) is -0.0732. The Kier molecular flexibility index (Phi) is 5.48. The molecule has 0 saturated carbocycles. The van der Waals surface area contributed by atoms with E-state index in [9.17, 15) is 9.59 Å². The van der Waals surface area contributed by atoms with Gasteiger partial charge in [0, 0.05) is 41.1 Å². The van der Waals surface area contributed by atoms with Gasteiger partial charge in [-0.2, -0.15) is 0 Å². The number of benzene rings is 1. The van der Waals surface area contributed by atoms with Gasteiger partial charge in [0.2, 0.25) is 5.91 Å². The van der Waals surface area contributed by atoms with Gasteiger partial charge in [-0.15, -0.1) is 0 Å². The number of nitrogens with one attached hydrogen (secondary N) is 1. The maximum atomic E-state index is 13.4. The molecule has 1 N–H and O–H groups in total. The first-order chi connectivity index (χ1) is 14.5. The largest absolute Gasteiger partial charge is 0.496 e. The van der Waals surface area contributed by atoms with Gasteiger partial charge in [0.1, 0.15) is 11.6 Å². The number of aromatic nitrogens is 1. The summed E-state index contributed by atoms with van der Waals surface area (Å²) in [5, 5.41) is 2.92. The Morgan fingerprint density at radius 1 is 1.17 bits per heavy atom. The number of ether oxygens (including phenoxy) is 1. The lowest BCUT2D eigenvalue weighted by Gasteiger charge is -2.35. The van der Waals surface area contributed by atoms with Crippen LogP contribution in [0.2, 0.25) is 0 Å². The molecule has 1 aromatic carbocycles. The molecule has 154 valence electrons. The SMILES string of the molecule is COc1ccccc1[C@@H]1C2=C(CCCC2=O)N=C(C)C1C(=O)Nc1cc(C)ccn1. The first-order valence-electron chi connectivity index (χ1n) is 10.2. The summed E-state index contributed by atoms with van der Waals surface area (Å²) in [6.45, 7) is 3.80. The van der Waals surface area contributed by atoms with E-state index in [1.54, 1.807) is 13.3 Å². The van der Waals surface area contributed by atoms with Crippen molar-refractivity contribution in [2.24, 2.45) is 10.9 Å². The number of methoxy groups -OCH3 is 1. The molecular weight excluding hydrogens is 378 g/mol. The predicted molar refractivity (Wildman–Crippen MR) is 116 cm³/mol. The predicted octanol–water partition coefficient (Wildman–Crippen LogP) is 4.22. The molecule has 30 heavy (non-hydrogen) atoms. The van der Waals surface area contributed by atoms with Gasteiger partial charge in [0.25, 0.3) is 0 Å². The van der Waals surface area contributed by atoms with Gasteiger partial charge >= 0.3 is 0 Å². The molecule has 0 radical (unpaired) electrons. The average Bonchev–Trinajstić information content (AvgIpc) is 2.72. The smallest absolute Gasteiger partial charge is 0.235 e. The third-order valence-corrected chi connectivity index (χ3v) is 5.76. The number of hydrogen-bond acceptors (Lipinski definition) is 5. The molecule has 1 aliphatic heterocycles. The number of ketones is 1. The van der Waals surface area contributed by atoms with Gasteiger partial charge in [0.05, 0.1) is 13.0 Å². The molecule has 2 aliphatic rings. The summed E-state index contributed by atoms with van der Waals surface area (Å²) in [7, 11) is 1.60. The molecule has 1 unspecified atom stereocenters. The minimum atomic E-state index is -0.621. The Bertz CT molecular complexity index is 1070. The molecule has 4 rings (SSSR count). The third kappa shape index (κ3) is 3.65. The van der Waals surface area contributed by atoms with E-state index < -0.39 is 11.8 Å². The number of amides is 1. The molecule has 2 heterocycles. The summed E-state index contributed by atoms with van der Waals surface area (Å²) >= 11 is 0. The van der Waals surface area contributed by atoms with Crippen LogP contribution in [-0.2, 0) is 9.59 Å². The zero-order valence-electron chi connectivity index (χ0n) is 17.4. The summed E-state index contributed by atoms with van der Waals surface area (Å²) in [5.41, 5.74) is 3.98. The average molecular weight is 403 g/mol. The van der Waals surface area contributed by atoms with Crippen LogP contribution in [0.4, 0.5) is 5.82 Å². The molecule has 1 aliphatic carbocycles. The van der Waals surface area contributed by atoms with Gasteiger partial charge in [-0.1, -0.05) is 18.2 Å². The van der Waals surface area contributed by atoms with Crippen LogP contribution in [0.5, 0.6) is 5.75 Å². The summed E-state index contributed by atoms with van der Waals surface area (Å²) in [4.78, 5) is 35.4. The van der Waals surface area contributed by atoms with E-state index in [0.29, 0.717) is 29.3 Å². The number of para-hydroxylation sites is 1. The normalized spacial score (nSPS) is 21.0. The molecule has 6 heteroatoms. The number of pyridine rings is 1. The molecule has 0 saturated heterocycles. The Balaban J connectivity index is 1.81. The van der Waals surface area contributed by atoms with Crippen LogP contribution < -0.4 is 10.1 Å². The zero-order chi connectivity index (χ0) is 21.3. The molecule has 0 bridgehead atoms. The number of carbonyl (C=O) groups is 2. The second-order valence-electron chi connectivity index (χ2n) is 7.80. The van der Waals surface area contributed by atoms with Crippen molar-refractivity contribution in [1.82, 2.24) is 4.98 Å². The van der Waals surface area contributed by atoms with Crippen LogP contribution >= 0.6 is 0 Å². The number of anilines is 1. The quantitative estimate of drug-likeness (QED) is 0.829. The fourth-order valence-corrected chi connectivity index (χ4v) is 4.41. The second kappa shape index (κ2) is 8.22. The number of nitrogens with zero attached hydrogens (tertiary/aromatic N) is 2. The van der Waals surface area contributed by atoms with E-state index in [2.05, 4.69) is 10.3 Å². The van der Waals surface area contributed by atoms with Gasteiger partial charge in [-0.3, -0.25) is 14.6 Å². The van der Waals surface area contributed by atoms with E-state index in [1.165, 1.54) is 0 Å². The number of hydrogen-bond donors (Lipinski definition) is 1. The Morgan fingerprint density at radius 2 is 1.97 bits per heavy atom. The second-order valence-corrected chi connectivity index (χ2v) is 7.80. The minimum Gasteiger partial charge on any atom is -0.496 e. The topological polar surface area (TPSA) is 80.6 Å². The van der Waals surface area contributed by atoms with E-state index >= 15 is 0 Å². The first kappa shape index (κ1) is 20.0. The van der Waals surface area contributed by atoms with Crippen LogP contribution in [0.15, 0.2) is 58.9 Å². The van der Waals surface area contributed by atoms with Crippen molar-refractivity contribution < 1.29 is 14.3 Å². The van der Waals surface area contributed by atoms with Crippen molar-refractivity contribution in [3.05, 3.63) is 65.0 Å². The van der Waals surface area contributed by atoms with Crippen molar-refractivity contribution in [3.63, 3.8) is 0 Å². The van der Waals surface area contributed by atoms with Gasteiger partial charge in [-0.25, -0.2) is 4.98 Å². The van der Waals surface area contributed by atoms with E-state index in [4.69, 9.17) is 9.73 Å². The fourth-order valence-electron chi connectivity index (χ4n) is 4.41. The van der Waals surface area contributed by atoms with Crippen molar-refractivity contribution in [1.29, 1.82) is 0 Å².